The van der Waals surface area contributed by atoms with Crippen molar-refractivity contribution in [2.24, 2.45) is 0 Å². The van der Waals surface area contributed by atoms with Crippen molar-refractivity contribution in [1.82, 2.24) is 0 Å². The summed E-state index contributed by atoms with van der Waals surface area (Å²) < 4.78 is 38.0. The Kier molecular flexibility index (Phi) is 6.50. The average molecular weight is 441 g/mol. The van der Waals surface area contributed by atoms with Crippen LogP contribution in [0.25, 0.3) is 0 Å². The molecule has 3 aromatic carbocycles. The van der Waals surface area contributed by atoms with Crippen LogP contribution in [0.3, 0.4) is 0 Å². The second-order valence-corrected chi connectivity index (χ2v) is 8.78. The lowest BCUT2D eigenvalue weighted by Gasteiger charge is -2.21. The van der Waals surface area contributed by atoms with E-state index in [9.17, 15) is 13.2 Å². The average Bonchev–Trinajstić information content (AvgIpc) is 2.79. The zero-order valence-corrected chi connectivity index (χ0v) is 18.6. The Morgan fingerprint density at radius 1 is 0.935 bits per heavy atom. The lowest BCUT2D eigenvalue weighted by molar-refractivity contribution is 0.102. The van der Waals surface area contributed by atoms with Gasteiger partial charge < -0.3 is 14.8 Å². The van der Waals surface area contributed by atoms with Gasteiger partial charge in [-0.25, -0.2) is 8.42 Å². The highest BCUT2D eigenvalue weighted by Crippen LogP contribution is 2.30. The fourth-order valence-corrected chi connectivity index (χ4v) is 4.40. The van der Waals surface area contributed by atoms with Crippen LogP contribution < -0.4 is 19.1 Å². The number of sulfonamides is 1. The maximum atomic E-state index is 13.1. The Labute approximate surface area is 182 Å². The lowest BCUT2D eigenvalue weighted by Crippen LogP contribution is -2.27. The number of ether oxygens (including phenoxy) is 2. The predicted octanol–water partition coefficient (Wildman–Crippen LogP) is 4.09. The van der Waals surface area contributed by atoms with E-state index in [1.54, 1.807) is 42.5 Å². The Morgan fingerprint density at radius 3 is 2.35 bits per heavy atom. The molecule has 0 unspecified atom stereocenters. The molecular formula is C23H24N2O5S. The van der Waals surface area contributed by atoms with Crippen molar-refractivity contribution in [3.8, 4) is 11.5 Å². The van der Waals surface area contributed by atoms with Gasteiger partial charge in [0.25, 0.3) is 15.9 Å². The molecule has 0 aliphatic heterocycles. The Hall–Kier alpha value is -3.52. The maximum Gasteiger partial charge on any atom is 0.264 e. The summed E-state index contributed by atoms with van der Waals surface area (Å²) in [6, 6.07) is 18.1. The van der Waals surface area contributed by atoms with E-state index in [2.05, 4.69) is 5.32 Å². The van der Waals surface area contributed by atoms with Gasteiger partial charge in [-0.2, -0.15) is 0 Å². The molecule has 0 saturated heterocycles. The van der Waals surface area contributed by atoms with Gasteiger partial charge in [-0.1, -0.05) is 24.3 Å². The third-order valence-corrected chi connectivity index (χ3v) is 6.63. The molecule has 0 aliphatic carbocycles. The van der Waals surface area contributed by atoms with Crippen LogP contribution in [-0.2, 0) is 10.0 Å². The number of para-hydroxylation sites is 1. The first-order chi connectivity index (χ1) is 14.8. The van der Waals surface area contributed by atoms with Crippen LogP contribution in [0.5, 0.6) is 11.5 Å². The van der Waals surface area contributed by atoms with E-state index in [0.717, 1.165) is 5.56 Å². The topological polar surface area (TPSA) is 84.9 Å². The molecule has 0 fully saturated rings. The monoisotopic (exact) mass is 440 g/mol. The van der Waals surface area contributed by atoms with E-state index in [1.807, 2.05) is 19.1 Å². The van der Waals surface area contributed by atoms with Crippen LogP contribution in [0.1, 0.15) is 15.9 Å². The highest BCUT2D eigenvalue weighted by atomic mass is 32.2. The molecule has 0 aliphatic rings. The number of anilines is 2. The molecule has 162 valence electrons. The molecule has 0 heterocycles. The lowest BCUT2D eigenvalue weighted by atomic mass is 10.2. The first kappa shape index (κ1) is 22.2. The standard InChI is InChI=1S/C23H24N2O5S/c1-16-8-5-6-11-21(16)25(2)31(27,28)19-10-7-9-17(14-19)23(26)24-20-13-12-18(29-3)15-22(20)30-4/h5-15H,1-4H3,(H,24,26). The number of nitrogens with zero attached hydrogens (tertiary/aromatic N) is 1. The zero-order chi connectivity index (χ0) is 22.6. The first-order valence-corrected chi connectivity index (χ1v) is 10.9. The SMILES string of the molecule is COc1ccc(NC(=O)c2cccc(S(=O)(=O)N(C)c3ccccc3C)c2)c(OC)c1. The van der Waals surface area contributed by atoms with Crippen molar-refractivity contribution in [3.05, 3.63) is 77.9 Å². The van der Waals surface area contributed by atoms with Gasteiger partial charge in [-0.3, -0.25) is 9.10 Å². The summed E-state index contributed by atoms with van der Waals surface area (Å²) in [4.78, 5) is 12.8. The number of hydrogen-bond acceptors (Lipinski definition) is 5. The molecule has 0 spiro atoms. The highest BCUT2D eigenvalue weighted by Gasteiger charge is 2.23. The maximum absolute atomic E-state index is 13.1. The number of carbonyl (C=O) groups is 1. The molecule has 0 radical (unpaired) electrons. The molecule has 0 bridgehead atoms. The number of nitrogens with one attached hydrogen (secondary N) is 1. The van der Waals surface area contributed by atoms with Crippen molar-refractivity contribution in [2.75, 3.05) is 30.9 Å². The number of amides is 1. The minimum atomic E-state index is -3.85. The van der Waals surface area contributed by atoms with Crippen molar-refractivity contribution >= 4 is 27.3 Å². The summed E-state index contributed by atoms with van der Waals surface area (Å²) in [6.07, 6.45) is 0. The number of aryl methyl sites for hydroxylation is 1. The van der Waals surface area contributed by atoms with Crippen LogP contribution >= 0.6 is 0 Å². The molecule has 31 heavy (non-hydrogen) atoms. The fraction of sp³-hybridized carbons (Fsp3) is 0.174. The van der Waals surface area contributed by atoms with E-state index in [4.69, 9.17) is 9.47 Å². The van der Waals surface area contributed by atoms with E-state index < -0.39 is 15.9 Å². The summed E-state index contributed by atoms with van der Waals surface area (Å²) in [6.45, 7) is 1.84. The van der Waals surface area contributed by atoms with Gasteiger partial charge in [0.15, 0.2) is 0 Å². The van der Waals surface area contributed by atoms with Gasteiger partial charge in [0.05, 0.1) is 30.5 Å². The molecule has 3 aromatic rings. The van der Waals surface area contributed by atoms with Gasteiger partial charge in [0, 0.05) is 18.7 Å². The normalized spacial score (nSPS) is 11.0. The molecule has 7 nitrogen and oxygen atoms in total. The summed E-state index contributed by atoms with van der Waals surface area (Å²) in [7, 11) is 0.659. The van der Waals surface area contributed by atoms with E-state index >= 15 is 0 Å². The molecule has 1 amide bonds. The van der Waals surface area contributed by atoms with Gasteiger partial charge >= 0.3 is 0 Å². The van der Waals surface area contributed by atoms with Crippen LogP contribution in [0, 0.1) is 6.92 Å². The van der Waals surface area contributed by atoms with Gasteiger partial charge in [0.2, 0.25) is 0 Å². The third-order valence-electron chi connectivity index (χ3n) is 4.87. The molecular weight excluding hydrogens is 416 g/mol. The summed E-state index contributed by atoms with van der Waals surface area (Å²) in [5, 5.41) is 2.75. The summed E-state index contributed by atoms with van der Waals surface area (Å²) in [5.74, 6) is 0.553. The van der Waals surface area contributed by atoms with Crippen LogP contribution in [0.15, 0.2) is 71.6 Å². The van der Waals surface area contributed by atoms with Gasteiger partial charge in [0.1, 0.15) is 11.5 Å². The summed E-state index contributed by atoms with van der Waals surface area (Å²) >= 11 is 0. The van der Waals surface area contributed by atoms with Crippen LogP contribution in [0.4, 0.5) is 11.4 Å². The molecule has 0 saturated carbocycles. The predicted molar refractivity (Wildman–Crippen MR) is 121 cm³/mol. The van der Waals surface area contributed by atoms with Gasteiger partial charge in [-0.05, 0) is 48.9 Å². The van der Waals surface area contributed by atoms with Crippen molar-refractivity contribution in [1.29, 1.82) is 0 Å². The highest BCUT2D eigenvalue weighted by molar-refractivity contribution is 7.92. The van der Waals surface area contributed by atoms with Gasteiger partial charge in [-0.15, -0.1) is 0 Å². The number of carbonyl (C=O) groups excluding carboxylic acids is 1. The minimum Gasteiger partial charge on any atom is -0.497 e. The van der Waals surface area contributed by atoms with E-state index in [1.165, 1.54) is 37.7 Å². The second kappa shape index (κ2) is 9.09. The molecule has 8 heteroatoms. The number of rotatable bonds is 7. The second-order valence-electron chi connectivity index (χ2n) is 6.81. The number of benzene rings is 3. The molecule has 0 atom stereocenters. The smallest absolute Gasteiger partial charge is 0.264 e. The molecule has 3 rings (SSSR count). The van der Waals surface area contributed by atoms with Crippen molar-refractivity contribution in [2.45, 2.75) is 11.8 Å². The van der Waals surface area contributed by atoms with E-state index in [-0.39, 0.29) is 10.5 Å². The van der Waals surface area contributed by atoms with E-state index in [0.29, 0.717) is 22.9 Å². The largest absolute Gasteiger partial charge is 0.497 e. The molecule has 1 N–H and O–H groups in total. The number of methoxy groups -OCH3 is 2. The zero-order valence-electron chi connectivity index (χ0n) is 17.7. The quantitative estimate of drug-likeness (QED) is 0.598. The first-order valence-electron chi connectivity index (χ1n) is 9.46. The minimum absolute atomic E-state index is 0.0209. The third kappa shape index (κ3) is 4.64. The Bertz CT molecular complexity index is 1210. The summed E-state index contributed by atoms with van der Waals surface area (Å²) in [5.41, 5.74) is 2.05. The molecule has 0 aromatic heterocycles. The Balaban J connectivity index is 1.89. The van der Waals surface area contributed by atoms with Crippen LogP contribution in [-0.4, -0.2) is 35.6 Å². The van der Waals surface area contributed by atoms with Crippen molar-refractivity contribution in [3.63, 3.8) is 0 Å². The van der Waals surface area contributed by atoms with Crippen LogP contribution in [0.2, 0.25) is 0 Å². The fourth-order valence-electron chi connectivity index (χ4n) is 3.10. The Morgan fingerprint density at radius 2 is 1.68 bits per heavy atom. The number of hydrogen-bond donors (Lipinski definition) is 1. The van der Waals surface area contributed by atoms with Crippen molar-refractivity contribution < 1.29 is 22.7 Å².